The molecular weight excluding hydrogens is 266 g/mol. The van der Waals surface area contributed by atoms with Gasteiger partial charge in [0.15, 0.2) is 0 Å². The molecule has 0 aliphatic carbocycles. The Morgan fingerprint density at radius 2 is 2.30 bits per heavy atom. The Labute approximate surface area is 113 Å². The second-order valence-electron chi connectivity index (χ2n) is 4.02. The minimum atomic E-state index is -1.37. The summed E-state index contributed by atoms with van der Waals surface area (Å²) < 4.78 is 1.63. The van der Waals surface area contributed by atoms with E-state index in [4.69, 9.17) is 5.11 Å². The highest BCUT2D eigenvalue weighted by atomic mass is 16.6. The summed E-state index contributed by atoms with van der Waals surface area (Å²) in [5, 5.41) is 26.5. The lowest BCUT2D eigenvalue weighted by molar-refractivity contribution is -0.385. The maximum absolute atomic E-state index is 11.0. The van der Waals surface area contributed by atoms with Crippen molar-refractivity contribution in [2.24, 2.45) is 7.05 Å². The van der Waals surface area contributed by atoms with Gasteiger partial charge in [-0.2, -0.15) is 5.10 Å². The first kappa shape index (κ1) is 13.5. The van der Waals surface area contributed by atoms with Crippen molar-refractivity contribution < 1.29 is 14.8 Å². The van der Waals surface area contributed by atoms with Gasteiger partial charge in [0.05, 0.1) is 11.1 Å². The Bertz CT molecular complexity index is 667. The van der Waals surface area contributed by atoms with Gasteiger partial charge in [-0.05, 0) is 0 Å². The number of carbonyl (C=O) groups is 1. The smallest absolute Gasteiger partial charge is 0.342 e. The average molecular weight is 277 g/mol. The maximum Gasteiger partial charge on any atom is 0.342 e. The second-order valence-corrected chi connectivity index (χ2v) is 4.02. The topological polar surface area (TPSA) is 123 Å². The van der Waals surface area contributed by atoms with Crippen molar-refractivity contribution in [3.8, 4) is 0 Å². The van der Waals surface area contributed by atoms with Crippen LogP contribution in [0.25, 0.3) is 0 Å². The van der Waals surface area contributed by atoms with Crippen LogP contribution in [0.5, 0.6) is 0 Å². The number of carboxylic acids is 1. The zero-order valence-corrected chi connectivity index (χ0v) is 10.5. The molecule has 2 aromatic rings. The molecule has 0 saturated carbocycles. The normalized spacial score (nSPS) is 10.2. The van der Waals surface area contributed by atoms with E-state index in [0.29, 0.717) is 6.54 Å². The molecule has 104 valence electrons. The van der Waals surface area contributed by atoms with Gasteiger partial charge in [0.2, 0.25) is 0 Å². The number of nitro groups is 1. The maximum atomic E-state index is 11.0. The van der Waals surface area contributed by atoms with Gasteiger partial charge in [0.1, 0.15) is 17.6 Å². The molecule has 0 aliphatic heterocycles. The molecule has 0 aliphatic rings. The first-order valence-electron chi connectivity index (χ1n) is 5.56. The predicted octanol–water partition coefficient (Wildman–Crippen LogP) is 1.03. The number of hydrogen-bond acceptors (Lipinski definition) is 6. The number of aromatic carboxylic acids is 1. The fourth-order valence-corrected chi connectivity index (χ4v) is 1.62. The molecule has 9 heteroatoms. The summed E-state index contributed by atoms with van der Waals surface area (Å²) >= 11 is 0. The number of hydrogen-bond donors (Lipinski definition) is 2. The molecule has 20 heavy (non-hydrogen) atoms. The monoisotopic (exact) mass is 277 g/mol. The standard InChI is InChI=1S/C11H11N5O4/c1-15-6-7(4-14-15)3-12-10-2-8(11(17)18)9(5-13-10)16(19)20/h2,4-6H,3H2,1H3,(H,12,13)(H,17,18). The van der Waals surface area contributed by atoms with Crippen LogP contribution in [-0.2, 0) is 13.6 Å². The van der Waals surface area contributed by atoms with Crippen molar-refractivity contribution in [3.63, 3.8) is 0 Å². The van der Waals surface area contributed by atoms with Gasteiger partial charge in [-0.15, -0.1) is 0 Å². The minimum Gasteiger partial charge on any atom is -0.477 e. The van der Waals surface area contributed by atoms with Crippen LogP contribution >= 0.6 is 0 Å². The summed E-state index contributed by atoms with van der Waals surface area (Å²) in [4.78, 5) is 24.7. The van der Waals surface area contributed by atoms with E-state index < -0.39 is 22.1 Å². The molecule has 2 heterocycles. The fourth-order valence-electron chi connectivity index (χ4n) is 1.62. The summed E-state index contributed by atoms with van der Waals surface area (Å²) in [6.45, 7) is 0.387. The third-order valence-corrected chi connectivity index (χ3v) is 2.54. The number of aryl methyl sites for hydroxylation is 1. The SMILES string of the molecule is Cn1cc(CNc2cc(C(=O)O)c([N+](=O)[O-])cn2)cn1. The van der Waals surface area contributed by atoms with Gasteiger partial charge < -0.3 is 10.4 Å². The highest BCUT2D eigenvalue weighted by molar-refractivity contribution is 5.93. The number of carboxylic acid groups (broad SMARTS) is 1. The van der Waals surface area contributed by atoms with Crippen molar-refractivity contribution in [1.82, 2.24) is 14.8 Å². The Hall–Kier alpha value is -2.97. The molecule has 0 bridgehead atoms. The van der Waals surface area contributed by atoms with Gasteiger partial charge in [0.25, 0.3) is 0 Å². The van der Waals surface area contributed by atoms with E-state index in [-0.39, 0.29) is 5.82 Å². The highest BCUT2D eigenvalue weighted by Crippen LogP contribution is 2.20. The Morgan fingerprint density at radius 1 is 1.55 bits per heavy atom. The number of nitrogens with zero attached hydrogens (tertiary/aromatic N) is 4. The fraction of sp³-hybridized carbons (Fsp3) is 0.182. The van der Waals surface area contributed by atoms with Crippen LogP contribution in [0.2, 0.25) is 0 Å². The van der Waals surface area contributed by atoms with E-state index >= 15 is 0 Å². The van der Waals surface area contributed by atoms with Crippen LogP contribution in [0.1, 0.15) is 15.9 Å². The van der Waals surface area contributed by atoms with Crippen LogP contribution in [0.3, 0.4) is 0 Å². The third kappa shape index (κ3) is 2.88. The van der Waals surface area contributed by atoms with Crippen molar-refractivity contribution in [3.05, 3.63) is 45.9 Å². The van der Waals surface area contributed by atoms with Crippen LogP contribution in [-0.4, -0.2) is 30.8 Å². The molecule has 0 spiro atoms. The molecule has 0 atom stereocenters. The molecule has 0 unspecified atom stereocenters. The lowest BCUT2D eigenvalue weighted by Crippen LogP contribution is -2.07. The summed E-state index contributed by atoms with van der Waals surface area (Å²) in [5.74, 6) is -1.12. The zero-order valence-electron chi connectivity index (χ0n) is 10.5. The van der Waals surface area contributed by atoms with E-state index in [0.717, 1.165) is 17.8 Å². The first-order chi connectivity index (χ1) is 9.47. The van der Waals surface area contributed by atoms with Gasteiger partial charge in [-0.3, -0.25) is 14.8 Å². The molecule has 0 radical (unpaired) electrons. The van der Waals surface area contributed by atoms with Crippen molar-refractivity contribution in [2.45, 2.75) is 6.54 Å². The Morgan fingerprint density at radius 3 is 2.85 bits per heavy atom. The Balaban J connectivity index is 2.18. The number of aromatic nitrogens is 3. The minimum absolute atomic E-state index is 0.247. The Kier molecular flexibility index (Phi) is 3.60. The van der Waals surface area contributed by atoms with Crippen LogP contribution < -0.4 is 5.32 Å². The largest absolute Gasteiger partial charge is 0.477 e. The van der Waals surface area contributed by atoms with E-state index in [2.05, 4.69) is 15.4 Å². The van der Waals surface area contributed by atoms with Crippen molar-refractivity contribution in [1.29, 1.82) is 0 Å². The van der Waals surface area contributed by atoms with E-state index in [9.17, 15) is 14.9 Å². The highest BCUT2D eigenvalue weighted by Gasteiger charge is 2.20. The van der Waals surface area contributed by atoms with E-state index in [1.54, 1.807) is 24.1 Å². The molecule has 2 N–H and O–H groups in total. The summed E-state index contributed by atoms with van der Waals surface area (Å²) in [5.41, 5.74) is -0.0624. The van der Waals surface area contributed by atoms with Crippen LogP contribution in [0, 0.1) is 10.1 Å². The predicted molar refractivity (Wildman–Crippen MR) is 68.4 cm³/mol. The number of pyridine rings is 1. The lowest BCUT2D eigenvalue weighted by Gasteiger charge is -2.05. The van der Waals surface area contributed by atoms with Crippen LogP contribution in [0.15, 0.2) is 24.7 Å². The van der Waals surface area contributed by atoms with Gasteiger partial charge in [0, 0.05) is 31.4 Å². The average Bonchev–Trinajstić information content (AvgIpc) is 2.81. The number of anilines is 1. The first-order valence-corrected chi connectivity index (χ1v) is 5.56. The molecule has 2 rings (SSSR count). The number of rotatable bonds is 5. The van der Waals surface area contributed by atoms with E-state index in [1.165, 1.54) is 0 Å². The van der Waals surface area contributed by atoms with Gasteiger partial charge in [-0.1, -0.05) is 0 Å². The van der Waals surface area contributed by atoms with Crippen molar-refractivity contribution in [2.75, 3.05) is 5.32 Å². The third-order valence-electron chi connectivity index (χ3n) is 2.54. The number of nitrogens with one attached hydrogen (secondary N) is 1. The second kappa shape index (κ2) is 5.34. The molecule has 0 aromatic carbocycles. The molecule has 0 amide bonds. The van der Waals surface area contributed by atoms with E-state index in [1.807, 2.05) is 0 Å². The molecule has 0 saturated heterocycles. The zero-order chi connectivity index (χ0) is 14.7. The molecule has 9 nitrogen and oxygen atoms in total. The van der Waals surface area contributed by atoms with Crippen LogP contribution in [0.4, 0.5) is 11.5 Å². The lowest BCUT2D eigenvalue weighted by atomic mass is 10.2. The molecular formula is C11H11N5O4. The summed E-state index contributed by atoms with van der Waals surface area (Å²) in [6, 6.07) is 1.14. The molecule has 2 aromatic heterocycles. The summed E-state index contributed by atoms with van der Waals surface area (Å²) in [7, 11) is 1.77. The quantitative estimate of drug-likeness (QED) is 0.618. The molecule has 0 fully saturated rings. The van der Waals surface area contributed by atoms with Gasteiger partial charge in [-0.25, -0.2) is 9.78 Å². The van der Waals surface area contributed by atoms with Crippen molar-refractivity contribution >= 4 is 17.5 Å². The summed E-state index contributed by atoms with van der Waals surface area (Å²) in [6.07, 6.45) is 4.36. The van der Waals surface area contributed by atoms with Gasteiger partial charge >= 0.3 is 11.7 Å².